The molecule has 26 heavy (non-hydrogen) atoms. The van der Waals surface area contributed by atoms with Crippen molar-refractivity contribution in [1.29, 1.82) is 0 Å². The van der Waals surface area contributed by atoms with E-state index in [1.54, 1.807) is 0 Å². The van der Waals surface area contributed by atoms with E-state index in [4.69, 9.17) is 9.47 Å². The minimum Gasteiger partial charge on any atom is -0.466 e. The number of amidine groups is 2. The predicted molar refractivity (Wildman–Crippen MR) is 93.2 cm³/mol. The Bertz CT molecular complexity index is 843. The van der Waals surface area contributed by atoms with E-state index in [2.05, 4.69) is 9.39 Å². The quantitative estimate of drug-likeness (QED) is 0.583. The van der Waals surface area contributed by atoms with Crippen molar-refractivity contribution >= 4 is 27.9 Å². The molecule has 0 N–H and O–H groups in total. The van der Waals surface area contributed by atoms with Crippen LogP contribution < -0.4 is 4.74 Å². The van der Waals surface area contributed by atoms with Gasteiger partial charge in [-0.25, -0.2) is 4.31 Å². The molecule has 0 atom stereocenters. The van der Waals surface area contributed by atoms with Crippen LogP contribution in [-0.4, -0.2) is 42.8 Å². The first-order valence-electron chi connectivity index (χ1n) is 8.10. The molecular weight excluding hydrogens is 364 g/mol. The summed E-state index contributed by atoms with van der Waals surface area (Å²) in [5, 5.41) is 10.7. The highest BCUT2D eigenvalue weighted by molar-refractivity contribution is 7.88. The molecule has 0 spiro atoms. The topological polar surface area (TPSA) is 124 Å². The number of hydrogen-bond donors (Lipinski definition) is 0. The third-order valence-electron chi connectivity index (χ3n) is 4.17. The first kappa shape index (κ1) is 18.1. The van der Waals surface area contributed by atoms with Crippen molar-refractivity contribution in [2.24, 2.45) is 9.39 Å². The van der Waals surface area contributed by atoms with E-state index in [1.165, 1.54) is 31.4 Å². The summed E-state index contributed by atoms with van der Waals surface area (Å²) < 4.78 is 40.3. The third-order valence-corrected chi connectivity index (χ3v) is 5.51. The molecule has 1 heterocycles. The molecule has 11 heteroatoms. The summed E-state index contributed by atoms with van der Waals surface area (Å²) in [6.07, 6.45) is 4.22. The molecule has 1 saturated carbocycles. The average Bonchev–Trinajstić information content (AvgIpc) is 2.61. The van der Waals surface area contributed by atoms with Gasteiger partial charge in [-0.15, -0.1) is 4.99 Å². The van der Waals surface area contributed by atoms with Crippen molar-refractivity contribution in [3.8, 4) is 5.75 Å². The van der Waals surface area contributed by atoms with Crippen LogP contribution in [-0.2, 0) is 14.9 Å². The summed E-state index contributed by atoms with van der Waals surface area (Å²) in [6.45, 7) is 0. The number of nitrogens with zero attached hydrogens (tertiary/aromatic N) is 4. The van der Waals surface area contributed by atoms with Crippen molar-refractivity contribution in [1.82, 2.24) is 4.31 Å². The van der Waals surface area contributed by atoms with Crippen LogP contribution in [0.1, 0.15) is 32.1 Å². The number of aliphatic imine (C=N–C) groups is 1. The zero-order valence-electron chi connectivity index (χ0n) is 14.1. The van der Waals surface area contributed by atoms with Crippen LogP contribution in [0.25, 0.3) is 0 Å². The average molecular weight is 382 g/mol. The van der Waals surface area contributed by atoms with Gasteiger partial charge in [-0.05, 0) is 25.0 Å². The Morgan fingerprint density at radius 2 is 1.85 bits per heavy atom. The molecule has 2 aliphatic rings. The predicted octanol–water partition coefficient (Wildman–Crippen LogP) is 2.23. The lowest BCUT2D eigenvalue weighted by Crippen LogP contribution is -2.49. The smallest absolute Gasteiger partial charge is 0.353 e. The van der Waals surface area contributed by atoms with Gasteiger partial charge in [0.25, 0.3) is 5.69 Å². The maximum atomic E-state index is 12.6. The first-order chi connectivity index (χ1) is 12.4. The summed E-state index contributed by atoms with van der Waals surface area (Å²) in [6, 6.07) is 4.50. The molecule has 10 nitrogen and oxygen atoms in total. The maximum absolute atomic E-state index is 12.6. The molecule has 140 valence electrons. The number of hydrogen-bond acceptors (Lipinski definition) is 7. The molecule has 0 saturated heterocycles. The highest BCUT2D eigenvalue weighted by atomic mass is 32.2. The normalized spacial score (nSPS) is 20.1. The van der Waals surface area contributed by atoms with Crippen LogP contribution in [0.3, 0.4) is 0 Å². The molecular formula is C15H18N4O6S. The lowest BCUT2D eigenvalue weighted by Gasteiger charge is -2.34. The van der Waals surface area contributed by atoms with Gasteiger partial charge >= 0.3 is 22.3 Å². The number of nitro benzene ring substituents is 1. The van der Waals surface area contributed by atoms with Gasteiger partial charge in [0.15, 0.2) is 0 Å². The minimum atomic E-state index is -4.04. The Kier molecular flexibility index (Phi) is 5.07. The number of methoxy groups -OCH3 is 1. The molecule has 1 fully saturated rings. The van der Waals surface area contributed by atoms with E-state index in [1.807, 2.05) is 0 Å². The van der Waals surface area contributed by atoms with E-state index in [0.29, 0.717) is 12.8 Å². The first-order valence-corrected chi connectivity index (χ1v) is 9.50. The number of ether oxygens (including phenoxy) is 2. The van der Waals surface area contributed by atoms with E-state index in [0.717, 1.165) is 23.6 Å². The molecule has 0 unspecified atom stereocenters. The molecule has 0 radical (unpaired) electrons. The Morgan fingerprint density at radius 3 is 2.42 bits per heavy atom. The van der Waals surface area contributed by atoms with Crippen molar-refractivity contribution in [3.05, 3.63) is 34.4 Å². The lowest BCUT2D eigenvalue weighted by atomic mass is 9.96. The minimum absolute atomic E-state index is 0.0983. The van der Waals surface area contributed by atoms with E-state index in [9.17, 15) is 18.5 Å². The van der Waals surface area contributed by atoms with Gasteiger partial charge in [-0.2, -0.15) is 8.42 Å². The highest BCUT2D eigenvalue weighted by Crippen LogP contribution is 2.29. The number of rotatable bonds is 3. The standard InChI is InChI=1S/C15H18N4O6S/c1-24-14-16-15(25-13-9-7-12(8-10-13)19(20)21)18(26(22,23)17-14)11-5-3-2-4-6-11/h7-11H,2-6H2,1H3. The zero-order chi connectivity index (χ0) is 18.7. The zero-order valence-corrected chi connectivity index (χ0v) is 14.9. The van der Waals surface area contributed by atoms with Gasteiger partial charge in [0, 0.05) is 12.1 Å². The Labute approximate surface area is 150 Å². The summed E-state index contributed by atoms with van der Waals surface area (Å²) in [5.74, 6) is 0.225. The second kappa shape index (κ2) is 7.28. The van der Waals surface area contributed by atoms with Gasteiger partial charge in [-0.1, -0.05) is 23.7 Å². The van der Waals surface area contributed by atoms with Crippen molar-refractivity contribution in [2.75, 3.05) is 7.11 Å². The van der Waals surface area contributed by atoms with Gasteiger partial charge in [0.05, 0.1) is 18.1 Å². The van der Waals surface area contributed by atoms with Crippen molar-refractivity contribution in [3.63, 3.8) is 0 Å². The van der Waals surface area contributed by atoms with Crippen LogP contribution in [0.15, 0.2) is 33.7 Å². The van der Waals surface area contributed by atoms with Gasteiger partial charge in [-0.3, -0.25) is 10.1 Å². The van der Waals surface area contributed by atoms with Gasteiger partial charge in [0.1, 0.15) is 5.75 Å². The number of benzene rings is 1. The summed E-state index contributed by atoms with van der Waals surface area (Å²) in [4.78, 5) is 14.3. The lowest BCUT2D eigenvalue weighted by molar-refractivity contribution is -0.384. The molecule has 1 aliphatic carbocycles. The molecule has 0 aromatic heterocycles. The van der Waals surface area contributed by atoms with E-state index >= 15 is 0 Å². The molecule has 0 amide bonds. The molecule has 3 rings (SSSR count). The molecule has 0 bridgehead atoms. The van der Waals surface area contributed by atoms with Gasteiger partial charge < -0.3 is 9.47 Å². The fourth-order valence-electron chi connectivity index (χ4n) is 2.95. The van der Waals surface area contributed by atoms with Crippen molar-refractivity contribution in [2.45, 2.75) is 38.1 Å². The Hall–Kier alpha value is -2.69. The van der Waals surface area contributed by atoms with Crippen LogP contribution in [0.5, 0.6) is 5.75 Å². The fraction of sp³-hybridized carbons (Fsp3) is 0.467. The summed E-state index contributed by atoms with van der Waals surface area (Å²) in [7, 11) is -2.78. The van der Waals surface area contributed by atoms with Crippen LogP contribution in [0.2, 0.25) is 0 Å². The molecule has 1 aromatic carbocycles. The number of non-ortho nitro benzene ring substituents is 1. The summed E-state index contributed by atoms with van der Waals surface area (Å²) >= 11 is 0. The second-order valence-corrected chi connectivity index (χ2v) is 7.36. The van der Waals surface area contributed by atoms with Gasteiger partial charge in [0.2, 0.25) is 0 Å². The van der Waals surface area contributed by atoms with Crippen molar-refractivity contribution < 1.29 is 22.8 Å². The third kappa shape index (κ3) is 3.77. The Morgan fingerprint density at radius 1 is 1.19 bits per heavy atom. The highest BCUT2D eigenvalue weighted by Gasteiger charge is 2.39. The van der Waals surface area contributed by atoms with Crippen LogP contribution in [0.4, 0.5) is 5.69 Å². The van der Waals surface area contributed by atoms with E-state index in [-0.39, 0.29) is 29.5 Å². The largest absolute Gasteiger partial charge is 0.466 e. The fourth-order valence-corrected chi connectivity index (χ4v) is 4.21. The molecule has 1 aromatic rings. The maximum Gasteiger partial charge on any atom is 0.353 e. The van der Waals surface area contributed by atoms with Crippen LogP contribution >= 0.6 is 0 Å². The monoisotopic (exact) mass is 382 g/mol. The number of nitro groups is 1. The summed E-state index contributed by atoms with van der Waals surface area (Å²) in [5.41, 5.74) is -0.0983. The second-order valence-electron chi connectivity index (χ2n) is 5.89. The SMILES string of the molecule is COC1=NS(=O)(=O)N(C2CCCCC2)C(Oc2ccc([N+](=O)[O-])cc2)=N1. The van der Waals surface area contributed by atoms with E-state index < -0.39 is 15.1 Å². The molecule has 1 aliphatic heterocycles. The Balaban J connectivity index is 1.92. The van der Waals surface area contributed by atoms with Crippen LogP contribution in [0, 0.1) is 10.1 Å².